The van der Waals surface area contributed by atoms with Crippen molar-refractivity contribution in [2.75, 3.05) is 24.3 Å². The summed E-state index contributed by atoms with van der Waals surface area (Å²) in [6.45, 7) is 0.280. The molecule has 0 saturated heterocycles. The normalized spacial score (nSPS) is 18.0. The number of nitrogens with zero attached hydrogens (tertiary/aromatic N) is 2. The van der Waals surface area contributed by atoms with E-state index in [0.29, 0.717) is 10.6 Å². The van der Waals surface area contributed by atoms with E-state index < -0.39 is 16.2 Å². The fraction of sp³-hybridized carbons (Fsp3) is 0.182. The summed E-state index contributed by atoms with van der Waals surface area (Å²) >= 11 is 3.62. The topological polar surface area (TPSA) is 52.7 Å². The summed E-state index contributed by atoms with van der Waals surface area (Å²) in [5.41, 5.74) is 3.46. The lowest BCUT2D eigenvalue weighted by Gasteiger charge is -2.37. The Morgan fingerprint density at radius 1 is 1.00 bits per heavy atom. The molecule has 5 nitrogen and oxygen atoms in total. The Morgan fingerprint density at radius 2 is 1.69 bits per heavy atom. The van der Waals surface area contributed by atoms with Gasteiger partial charge in [-0.25, -0.2) is 8.42 Å². The third-order valence-electron chi connectivity index (χ3n) is 5.00. The Labute approximate surface area is 180 Å². The van der Waals surface area contributed by atoms with Crippen LogP contribution in [-0.4, -0.2) is 26.8 Å². The summed E-state index contributed by atoms with van der Waals surface area (Å²) in [6.07, 6.45) is -0.511. The lowest BCUT2D eigenvalue weighted by molar-refractivity contribution is 0.336. The summed E-state index contributed by atoms with van der Waals surface area (Å²) in [5.74, 6) is 0. The van der Waals surface area contributed by atoms with Gasteiger partial charge in [-0.05, 0) is 51.3 Å². The maximum Gasteiger partial charge on any atom is 0.247 e. The van der Waals surface area contributed by atoms with Crippen LogP contribution < -0.4 is 10.2 Å². The monoisotopic (exact) mass is 471 g/mol. The standard InChI is InChI=1S/C22H22BrN3O2S/c1-25(2)20-13-12-17(14-18(20)23)22-24-19-10-6-7-11-21(19)29(27,28)26(22)15-16-8-4-3-5-9-16/h3-14,22,24H,15H2,1-2H3/t22-/m0/s1. The van der Waals surface area contributed by atoms with Gasteiger partial charge in [0.05, 0.1) is 11.4 Å². The first kappa shape index (κ1) is 19.9. The van der Waals surface area contributed by atoms with Gasteiger partial charge in [0, 0.05) is 25.1 Å². The molecule has 0 unspecified atom stereocenters. The molecule has 7 heteroatoms. The third-order valence-corrected chi connectivity index (χ3v) is 7.51. The van der Waals surface area contributed by atoms with E-state index >= 15 is 0 Å². The van der Waals surface area contributed by atoms with E-state index in [0.717, 1.165) is 21.3 Å². The van der Waals surface area contributed by atoms with Crippen molar-refractivity contribution in [3.63, 3.8) is 0 Å². The highest BCUT2D eigenvalue weighted by Crippen LogP contribution is 2.40. The summed E-state index contributed by atoms with van der Waals surface area (Å²) in [7, 11) is 0.274. The smallest absolute Gasteiger partial charge is 0.247 e. The van der Waals surface area contributed by atoms with Crippen LogP contribution in [0.3, 0.4) is 0 Å². The van der Waals surface area contributed by atoms with Crippen molar-refractivity contribution in [2.45, 2.75) is 17.6 Å². The zero-order chi connectivity index (χ0) is 20.6. The van der Waals surface area contributed by atoms with Crippen molar-refractivity contribution in [3.05, 3.63) is 88.4 Å². The Bertz CT molecular complexity index is 1130. The van der Waals surface area contributed by atoms with Crippen LogP contribution in [0.5, 0.6) is 0 Å². The van der Waals surface area contributed by atoms with Crippen LogP contribution in [0.15, 0.2) is 82.2 Å². The van der Waals surface area contributed by atoms with E-state index in [1.54, 1.807) is 12.1 Å². The maximum absolute atomic E-state index is 13.5. The summed E-state index contributed by atoms with van der Waals surface area (Å²) in [4.78, 5) is 2.31. The molecule has 0 radical (unpaired) electrons. The predicted molar refractivity (Wildman–Crippen MR) is 120 cm³/mol. The number of benzene rings is 3. The first-order valence-corrected chi connectivity index (χ1v) is 11.5. The van der Waals surface area contributed by atoms with E-state index in [2.05, 4.69) is 21.2 Å². The second-order valence-electron chi connectivity index (χ2n) is 7.18. The number of rotatable bonds is 4. The van der Waals surface area contributed by atoms with Crippen LogP contribution in [-0.2, 0) is 16.6 Å². The Hall–Kier alpha value is -2.35. The second kappa shape index (κ2) is 7.82. The molecule has 0 saturated carbocycles. The van der Waals surface area contributed by atoms with E-state index in [-0.39, 0.29) is 6.54 Å². The average molecular weight is 472 g/mol. The largest absolute Gasteiger partial charge is 0.377 e. The van der Waals surface area contributed by atoms with Crippen LogP contribution in [0.1, 0.15) is 17.3 Å². The minimum absolute atomic E-state index is 0.280. The molecule has 1 N–H and O–H groups in total. The van der Waals surface area contributed by atoms with Crippen LogP contribution in [0.2, 0.25) is 0 Å². The highest BCUT2D eigenvalue weighted by molar-refractivity contribution is 9.10. The Morgan fingerprint density at radius 3 is 2.38 bits per heavy atom. The predicted octanol–water partition coefficient (Wildman–Crippen LogP) is 4.83. The van der Waals surface area contributed by atoms with Gasteiger partial charge in [0.15, 0.2) is 0 Å². The van der Waals surface area contributed by atoms with Crippen molar-refractivity contribution >= 4 is 37.3 Å². The maximum atomic E-state index is 13.5. The summed E-state index contributed by atoms with van der Waals surface area (Å²) in [6, 6.07) is 22.7. The third kappa shape index (κ3) is 3.77. The highest BCUT2D eigenvalue weighted by Gasteiger charge is 2.39. The highest BCUT2D eigenvalue weighted by atomic mass is 79.9. The number of halogens is 1. The van der Waals surface area contributed by atoms with E-state index in [1.807, 2.05) is 79.7 Å². The minimum atomic E-state index is -3.67. The van der Waals surface area contributed by atoms with Gasteiger partial charge in [-0.2, -0.15) is 4.31 Å². The van der Waals surface area contributed by atoms with E-state index in [1.165, 1.54) is 4.31 Å². The molecule has 0 bridgehead atoms. The molecule has 0 aliphatic carbocycles. The number of sulfonamides is 1. The number of para-hydroxylation sites is 1. The summed E-state index contributed by atoms with van der Waals surface area (Å²) < 4.78 is 29.5. The van der Waals surface area contributed by atoms with Crippen molar-refractivity contribution in [2.24, 2.45) is 0 Å². The fourth-order valence-corrected chi connectivity index (χ4v) is 5.97. The first-order chi connectivity index (χ1) is 13.9. The van der Waals surface area contributed by atoms with Gasteiger partial charge < -0.3 is 10.2 Å². The minimum Gasteiger partial charge on any atom is -0.377 e. The molecular weight excluding hydrogens is 450 g/mol. The van der Waals surface area contributed by atoms with Gasteiger partial charge in [0.25, 0.3) is 0 Å². The van der Waals surface area contributed by atoms with Gasteiger partial charge in [-0.3, -0.25) is 0 Å². The molecule has 0 fully saturated rings. The second-order valence-corrected chi connectivity index (χ2v) is 9.90. The quantitative estimate of drug-likeness (QED) is 0.591. The van der Waals surface area contributed by atoms with Crippen molar-refractivity contribution in [1.29, 1.82) is 0 Å². The van der Waals surface area contributed by atoms with Gasteiger partial charge in [-0.15, -0.1) is 0 Å². The molecule has 3 aromatic rings. The molecule has 0 amide bonds. The molecule has 4 rings (SSSR count). The number of hydrogen-bond donors (Lipinski definition) is 1. The van der Waals surface area contributed by atoms with E-state index in [4.69, 9.17) is 0 Å². The molecule has 1 aliphatic rings. The summed E-state index contributed by atoms with van der Waals surface area (Å²) in [5, 5.41) is 3.43. The van der Waals surface area contributed by atoms with Crippen molar-refractivity contribution in [1.82, 2.24) is 4.31 Å². The Balaban J connectivity index is 1.83. The number of nitrogens with one attached hydrogen (secondary N) is 1. The molecule has 1 heterocycles. The lowest BCUT2D eigenvalue weighted by atomic mass is 10.1. The van der Waals surface area contributed by atoms with Gasteiger partial charge in [0.2, 0.25) is 10.0 Å². The van der Waals surface area contributed by atoms with Gasteiger partial charge >= 0.3 is 0 Å². The number of anilines is 2. The molecular formula is C22H22BrN3O2S. The Kier molecular flexibility index (Phi) is 5.38. The van der Waals surface area contributed by atoms with Gasteiger partial charge in [-0.1, -0.05) is 48.5 Å². The van der Waals surface area contributed by atoms with Crippen LogP contribution in [0, 0.1) is 0 Å². The fourth-order valence-electron chi connectivity index (χ4n) is 3.54. The molecule has 150 valence electrons. The molecule has 1 atom stereocenters. The zero-order valence-corrected chi connectivity index (χ0v) is 18.6. The van der Waals surface area contributed by atoms with Crippen LogP contribution in [0.25, 0.3) is 0 Å². The van der Waals surface area contributed by atoms with Crippen LogP contribution in [0.4, 0.5) is 11.4 Å². The number of fused-ring (bicyclic) bond motifs is 1. The average Bonchev–Trinajstić information content (AvgIpc) is 2.70. The molecule has 0 aromatic heterocycles. The number of hydrogen-bond acceptors (Lipinski definition) is 4. The lowest BCUT2D eigenvalue weighted by Crippen LogP contribution is -2.42. The first-order valence-electron chi connectivity index (χ1n) is 9.26. The van der Waals surface area contributed by atoms with Crippen LogP contribution >= 0.6 is 15.9 Å². The SMILES string of the molecule is CN(C)c1ccc([C@H]2Nc3ccccc3S(=O)(=O)N2Cc2ccccc2)cc1Br. The van der Waals surface area contributed by atoms with Gasteiger partial charge in [0.1, 0.15) is 11.1 Å². The van der Waals surface area contributed by atoms with Crippen molar-refractivity contribution in [3.8, 4) is 0 Å². The van der Waals surface area contributed by atoms with Crippen molar-refractivity contribution < 1.29 is 8.42 Å². The molecule has 3 aromatic carbocycles. The van der Waals surface area contributed by atoms with E-state index in [9.17, 15) is 8.42 Å². The molecule has 29 heavy (non-hydrogen) atoms. The molecule has 0 spiro atoms. The molecule has 1 aliphatic heterocycles. The zero-order valence-electron chi connectivity index (χ0n) is 16.2.